The first kappa shape index (κ1) is 51.8. The number of phenolic OH excluding ortho intramolecular Hbond substituents is 1. The number of benzene rings is 3. The molecule has 0 radical (unpaired) electrons. The van der Waals surface area contributed by atoms with Crippen molar-refractivity contribution in [1.29, 1.82) is 0 Å². The van der Waals surface area contributed by atoms with Gasteiger partial charge in [-0.1, -0.05) is 13.0 Å². The smallest absolute Gasteiger partial charge is 0.330 e. The number of halogens is 2. The number of amides is 2. The van der Waals surface area contributed by atoms with Crippen molar-refractivity contribution in [3.05, 3.63) is 76.3 Å². The minimum atomic E-state index is -0.666. The first-order valence-electron chi connectivity index (χ1n) is 27.6. The number of carbonyl (C=O) groups excluding carboxylic acids is 2. The van der Waals surface area contributed by atoms with Crippen LogP contribution in [0.15, 0.2) is 53.5 Å². The number of nitrogens with zero attached hydrogens (tertiary/aromatic N) is 9. The number of likely N-dealkylation sites (N-methyl/N-ethyl adjacent to an activating group) is 1. The molecule has 6 fully saturated rings. The van der Waals surface area contributed by atoms with E-state index in [1.165, 1.54) is 12.1 Å². The molecule has 19 heteroatoms. The standard InChI is InChI=1S/C31H34F2N6O2.C26H37N5O4/c1-3-22-25(32)9-6-17-11-21(40)12-23(26(17)22)28-27(33)29-24(13-34-28)30(39-14-18-7-8-19(15-39)35-18)37-31(36-29)41-16-20-5-4-10-38(20)2;1-17(2)30-23-15-19(29-13-7-18(8-14-29)16-28-11-9-20(32)10-12-28)3-4-21(23)31(26(30)35)22-5-6-24(33)27-25(22)34/h6,9,11-13,18-20,35,40H,3-5,7-8,10,14-16H2,1-2H3;3-4,15,17-18,20,22,32H,5-14,16H2,1-2H3,(H,27,33,34). The molecule has 17 nitrogen and oxygen atoms in total. The fourth-order valence-corrected chi connectivity index (χ4v) is 12.9. The molecule has 404 valence electrons. The van der Waals surface area contributed by atoms with E-state index in [1.807, 2.05) is 26.8 Å². The Morgan fingerprint density at radius 1 is 0.855 bits per heavy atom. The highest BCUT2D eigenvalue weighted by Gasteiger charge is 2.36. The largest absolute Gasteiger partial charge is 0.508 e. The third kappa shape index (κ3) is 10.2. The van der Waals surface area contributed by atoms with Gasteiger partial charge in [0.25, 0.3) is 0 Å². The van der Waals surface area contributed by atoms with Gasteiger partial charge < -0.3 is 39.9 Å². The van der Waals surface area contributed by atoms with Crippen molar-refractivity contribution >= 4 is 56.0 Å². The lowest BCUT2D eigenvalue weighted by Gasteiger charge is -2.37. The molecule has 4 atom stereocenters. The molecular weight excluding hydrogens is 973 g/mol. The number of phenols is 1. The number of piperazine rings is 1. The number of hydrogen-bond acceptors (Lipinski definition) is 14. The monoisotopic (exact) mass is 1040 g/mol. The number of aliphatic hydroxyl groups is 1. The number of aliphatic hydroxyl groups excluding tert-OH is 1. The van der Waals surface area contributed by atoms with E-state index in [2.05, 4.69) is 59.4 Å². The molecule has 6 aliphatic rings. The molecule has 76 heavy (non-hydrogen) atoms. The van der Waals surface area contributed by atoms with Gasteiger partial charge in [0.1, 0.15) is 41.2 Å². The summed E-state index contributed by atoms with van der Waals surface area (Å²) < 4.78 is 41.0. The average Bonchev–Trinajstić information content (AvgIpc) is 4.13. The molecule has 6 aromatic rings. The van der Waals surface area contributed by atoms with Crippen LogP contribution in [-0.4, -0.2) is 146 Å². The van der Waals surface area contributed by atoms with Crippen molar-refractivity contribution in [2.24, 2.45) is 5.92 Å². The molecule has 4 unspecified atom stereocenters. The van der Waals surface area contributed by atoms with Crippen molar-refractivity contribution in [1.82, 2.24) is 44.5 Å². The van der Waals surface area contributed by atoms with E-state index in [9.17, 15) is 29.0 Å². The minimum Gasteiger partial charge on any atom is -0.508 e. The Kier molecular flexibility index (Phi) is 14.7. The third-order valence-electron chi connectivity index (χ3n) is 17.0. The molecule has 12 rings (SSSR count). The lowest BCUT2D eigenvalue weighted by atomic mass is 9.94. The zero-order valence-electron chi connectivity index (χ0n) is 44.1. The van der Waals surface area contributed by atoms with E-state index in [4.69, 9.17) is 9.72 Å². The maximum absolute atomic E-state index is 16.6. The third-order valence-corrected chi connectivity index (χ3v) is 17.0. The van der Waals surface area contributed by atoms with Crippen LogP contribution in [0.1, 0.15) is 103 Å². The number of nitrogens with one attached hydrogen (secondary N) is 2. The van der Waals surface area contributed by atoms with Crippen LogP contribution in [0.25, 0.3) is 44.0 Å². The number of ether oxygens (including phenoxy) is 1. The highest BCUT2D eigenvalue weighted by molar-refractivity contribution is 6.02. The molecule has 2 bridgehead atoms. The predicted molar refractivity (Wildman–Crippen MR) is 289 cm³/mol. The number of imidazole rings is 1. The van der Waals surface area contributed by atoms with Gasteiger partial charge in [-0.05, 0) is 150 Å². The quantitative estimate of drug-likeness (QED) is 0.0989. The van der Waals surface area contributed by atoms with Gasteiger partial charge in [0.05, 0.1) is 22.5 Å². The zero-order chi connectivity index (χ0) is 52.9. The molecule has 2 amide bonds. The number of aryl methyl sites for hydroxylation is 1. The van der Waals surface area contributed by atoms with Gasteiger partial charge >= 0.3 is 11.7 Å². The number of carbonyl (C=O) groups is 2. The second kappa shape index (κ2) is 21.6. The Labute approximate surface area is 441 Å². The lowest BCUT2D eigenvalue weighted by molar-refractivity contribution is -0.135. The van der Waals surface area contributed by atoms with Gasteiger partial charge in [-0.15, -0.1) is 0 Å². The lowest BCUT2D eigenvalue weighted by Crippen LogP contribution is -2.51. The fraction of sp³-hybridized carbons (Fsp3) is 0.544. The predicted octanol–water partition coefficient (Wildman–Crippen LogP) is 6.84. The maximum atomic E-state index is 16.6. The maximum Gasteiger partial charge on any atom is 0.330 e. The molecule has 4 N–H and O–H groups in total. The van der Waals surface area contributed by atoms with Gasteiger partial charge in [-0.3, -0.25) is 29.0 Å². The van der Waals surface area contributed by atoms with Crippen LogP contribution in [0.2, 0.25) is 0 Å². The Hall–Kier alpha value is -6.28. The zero-order valence-corrected chi connectivity index (χ0v) is 44.1. The molecule has 3 aromatic carbocycles. The minimum absolute atomic E-state index is 0.00482. The Morgan fingerprint density at radius 3 is 2.32 bits per heavy atom. The number of likely N-dealkylation sites (tertiary alicyclic amines) is 2. The SMILES string of the molecule is CC(C)n1c(=O)n(C2CCC(=O)NC2=O)c2ccc(N3CCC(CN4CCC(O)CC4)CC3)cc21.CCc1c(F)ccc2cc(O)cc(-c3ncc4c(N5CC6CCC(C5)N6)nc(OCC5CCCN5C)nc4c3F)c12. The van der Waals surface area contributed by atoms with Crippen molar-refractivity contribution in [3.63, 3.8) is 0 Å². The Balaban J connectivity index is 0.000000164. The van der Waals surface area contributed by atoms with Crippen LogP contribution < -0.4 is 30.9 Å². The number of aromatic hydroxyl groups is 1. The van der Waals surface area contributed by atoms with Crippen molar-refractivity contribution in [3.8, 4) is 23.0 Å². The molecule has 0 aliphatic carbocycles. The average molecular weight is 1040 g/mol. The molecular formula is C57H71F2N11O6. The topological polar surface area (TPSA) is 186 Å². The molecule has 9 heterocycles. The van der Waals surface area contributed by atoms with Gasteiger partial charge in [0.2, 0.25) is 11.8 Å². The normalized spacial score (nSPS) is 23.1. The summed E-state index contributed by atoms with van der Waals surface area (Å²) in [7, 11) is 2.08. The van der Waals surface area contributed by atoms with Gasteiger partial charge in [-0.25, -0.2) is 13.6 Å². The number of imide groups is 1. The summed E-state index contributed by atoms with van der Waals surface area (Å²) >= 11 is 0. The number of anilines is 2. The number of pyridine rings is 1. The van der Waals surface area contributed by atoms with Crippen LogP contribution in [0, 0.1) is 17.6 Å². The van der Waals surface area contributed by atoms with E-state index in [0.717, 1.165) is 120 Å². The summed E-state index contributed by atoms with van der Waals surface area (Å²) in [4.78, 5) is 60.9. The summed E-state index contributed by atoms with van der Waals surface area (Å²) in [6.07, 6.45) is 10.8. The highest BCUT2D eigenvalue weighted by Crippen LogP contribution is 2.40. The highest BCUT2D eigenvalue weighted by atomic mass is 19.1. The summed E-state index contributed by atoms with van der Waals surface area (Å²) in [5.41, 5.74) is 3.36. The number of rotatable bonds is 11. The summed E-state index contributed by atoms with van der Waals surface area (Å²) in [6.45, 7) is 13.8. The van der Waals surface area contributed by atoms with Crippen LogP contribution in [-0.2, 0) is 16.0 Å². The number of aromatic nitrogens is 5. The van der Waals surface area contributed by atoms with Crippen molar-refractivity contribution < 1.29 is 33.3 Å². The Bertz CT molecular complexity index is 3210. The van der Waals surface area contributed by atoms with E-state index < -0.39 is 17.8 Å². The van der Waals surface area contributed by atoms with Crippen molar-refractivity contribution in [2.45, 2.75) is 128 Å². The van der Waals surface area contributed by atoms with Gasteiger partial charge in [-0.2, -0.15) is 9.97 Å². The van der Waals surface area contributed by atoms with E-state index >= 15 is 4.39 Å². The Morgan fingerprint density at radius 2 is 1.62 bits per heavy atom. The van der Waals surface area contributed by atoms with Crippen LogP contribution in [0.3, 0.4) is 0 Å². The first-order chi connectivity index (χ1) is 36.7. The second-order valence-corrected chi connectivity index (χ2v) is 22.3. The summed E-state index contributed by atoms with van der Waals surface area (Å²) in [5.74, 6) is -0.471. The van der Waals surface area contributed by atoms with Gasteiger partial charge in [0, 0.05) is 93.8 Å². The van der Waals surface area contributed by atoms with Crippen LogP contribution in [0.4, 0.5) is 20.3 Å². The van der Waals surface area contributed by atoms with Gasteiger partial charge in [0.15, 0.2) is 5.82 Å². The summed E-state index contributed by atoms with van der Waals surface area (Å²) in [5, 5.41) is 27.9. The molecule has 0 spiro atoms. The van der Waals surface area contributed by atoms with E-state index in [1.54, 1.807) is 27.5 Å². The molecule has 6 saturated heterocycles. The molecule has 3 aromatic heterocycles. The van der Waals surface area contributed by atoms with Crippen molar-refractivity contribution in [2.75, 3.05) is 75.8 Å². The number of fused-ring (bicyclic) bond motifs is 5. The number of piperidine rings is 3. The molecule has 0 saturated carbocycles. The van der Waals surface area contributed by atoms with Crippen LogP contribution in [0.5, 0.6) is 11.8 Å². The first-order valence-corrected chi connectivity index (χ1v) is 27.6. The summed E-state index contributed by atoms with van der Waals surface area (Å²) in [6, 6.07) is 12.5. The van der Waals surface area contributed by atoms with Crippen LogP contribution >= 0.6 is 0 Å². The molecule has 6 aliphatic heterocycles. The van der Waals surface area contributed by atoms with E-state index in [-0.39, 0.29) is 65.0 Å². The number of hydrogen-bond donors (Lipinski definition) is 4. The van der Waals surface area contributed by atoms with E-state index in [0.29, 0.717) is 70.6 Å². The fourth-order valence-electron chi connectivity index (χ4n) is 12.9. The second-order valence-electron chi connectivity index (χ2n) is 22.3.